The number of imidazole rings is 1. The summed E-state index contributed by atoms with van der Waals surface area (Å²) in [5.41, 5.74) is 4.43. The third-order valence-corrected chi connectivity index (χ3v) is 4.92. The standard InChI is InChI=1S/C18H26N2/c1-17(2,3)13-6-7-14-15(12-13)20-16(19-14)8-11-18(4)9-5-10-18/h6-7,12H,5,8-11H2,1-4H3,(H,19,20). The molecule has 0 radical (unpaired) electrons. The van der Waals surface area contributed by atoms with E-state index in [4.69, 9.17) is 4.98 Å². The number of hydrogen-bond donors (Lipinski definition) is 1. The van der Waals surface area contributed by atoms with Crippen molar-refractivity contribution in [3.05, 3.63) is 29.6 Å². The normalized spacial score (nSPS) is 18.2. The molecule has 1 fully saturated rings. The Morgan fingerprint density at radius 1 is 1.25 bits per heavy atom. The SMILES string of the molecule is CC1(CCc2nc3ccc(C(C)(C)C)cc3[nH]2)CCC1. The molecule has 0 spiro atoms. The summed E-state index contributed by atoms with van der Waals surface area (Å²) >= 11 is 0. The number of nitrogens with zero attached hydrogens (tertiary/aromatic N) is 1. The van der Waals surface area contributed by atoms with Crippen LogP contribution in [-0.2, 0) is 11.8 Å². The van der Waals surface area contributed by atoms with E-state index in [0.29, 0.717) is 5.41 Å². The zero-order chi connectivity index (χ0) is 14.4. The molecule has 1 aliphatic carbocycles. The summed E-state index contributed by atoms with van der Waals surface area (Å²) in [4.78, 5) is 8.26. The lowest BCUT2D eigenvalue weighted by Crippen LogP contribution is -2.26. The fourth-order valence-electron chi connectivity index (χ4n) is 3.10. The van der Waals surface area contributed by atoms with Crippen molar-refractivity contribution in [1.29, 1.82) is 0 Å². The fourth-order valence-corrected chi connectivity index (χ4v) is 3.10. The van der Waals surface area contributed by atoms with Gasteiger partial charge >= 0.3 is 0 Å². The lowest BCUT2D eigenvalue weighted by Gasteiger charge is -2.38. The Labute approximate surface area is 122 Å². The van der Waals surface area contributed by atoms with Crippen LogP contribution in [0.25, 0.3) is 11.0 Å². The van der Waals surface area contributed by atoms with Crippen LogP contribution in [0.2, 0.25) is 0 Å². The Kier molecular flexibility index (Phi) is 3.15. The molecule has 0 aliphatic heterocycles. The summed E-state index contributed by atoms with van der Waals surface area (Å²) in [6, 6.07) is 6.62. The third kappa shape index (κ3) is 2.61. The quantitative estimate of drug-likeness (QED) is 0.837. The number of aromatic nitrogens is 2. The third-order valence-electron chi connectivity index (χ3n) is 4.92. The molecule has 1 heterocycles. The van der Waals surface area contributed by atoms with Crippen molar-refractivity contribution in [2.45, 2.75) is 65.2 Å². The van der Waals surface area contributed by atoms with Gasteiger partial charge in [-0.2, -0.15) is 0 Å². The highest BCUT2D eigenvalue weighted by Gasteiger charge is 2.31. The van der Waals surface area contributed by atoms with Crippen molar-refractivity contribution in [3.8, 4) is 0 Å². The molecular formula is C18H26N2. The fraction of sp³-hybridized carbons (Fsp3) is 0.611. The van der Waals surface area contributed by atoms with Crippen molar-refractivity contribution in [3.63, 3.8) is 0 Å². The molecule has 1 N–H and O–H groups in total. The van der Waals surface area contributed by atoms with Crippen molar-refractivity contribution < 1.29 is 0 Å². The molecule has 0 amide bonds. The highest BCUT2D eigenvalue weighted by Crippen LogP contribution is 2.43. The van der Waals surface area contributed by atoms with Gasteiger partial charge in [0.25, 0.3) is 0 Å². The highest BCUT2D eigenvalue weighted by molar-refractivity contribution is 5.76. The van der Waals surface area contributed by atoms with Gasteiger partial charge in [0, 0.05) is 6.42 Å². The maximum Gasteiger partial charge on any atom is 0.107 e. The van der Waals surface area contributed by atoms with Crippen LogP contribution in [0.5, 0.6) is 0 Å². The molecule has 2 aromatic rings. The van der Waals surface area contributed by atoms with E-state index >= 15 is 0 Å². The molecule has 1 saturated carbocycles. The predicted octanol–water partition coefficient (Wildman–Crippen LogP) is 4.98. The predicted molar refractivity (Wildman–Crippen MR) is 85.1 cm³/mol. The van der Waals surface area contributed by atoms with E-state index in [0.717, 1.165) is 17.8 Å². The molecule has 0 saturated heterocycles. The van der Waals surface area contributed by atoms with Crippen LogP contribution in [0, 0.1) is 5.41 Å². The number of H-pyrrole nitrogens is 1. The van der Waals surface area contributed by atoms with Gasteiger partial charge in [0.15, 0.2) is 0 Å². The summed E-state index contributed by atoms with van der Waals surface area (Å²) in [5.74, 6) is 1.15. The lowest BCUT2D eigenvalue weighted by atomic mass is 9.68. The smallest absolute Gasteiger partial charge is 0.107 e. The van der Waals surface area contributed by atoms with Crippen molar-refractivity contribution in [2.75, 3.05) is 0 Å². The molecule has 1 aromatic heterocycles. The number of hydrogen-bond acceptors (Lipinski definition) is 1. The van der Waals surface area contributed by atoms with E-state index in [1.165, 1.54) is 36.8 Å². The van der Waals surface area contributed by atoms with Gasteiger partial charge in [-0.3, -0.25) is 0 Å². The monoisotopic (exact) mass is 270 g/mol. The number of nitrogens with one attached hydrogen (secondary N) is 1. The molecule has 108 valence electrons. The van der Waals surface area contributed by atoms with Gasteiger partial charge in [0.05, 0.1) is 11.0 Å². The Balaban J connectivity index is 1.80. The first-order chi connectivity index (χ1) is 9.36. The largest absolute Gasteiger partial charge is 0.342 e. The maximum absolute atomic E-state index is 4.74. The average Bonchev–Trinajstić information content (AvgIpc) is 2.74. The lowest BCUT2D eigenvalue weighted by molar-refractivity contribution is 0.146. The number of aryl methyl sites for hydroxylation is 1. The summed E-state index contributed by atoms with van der Waals surface area (Å²) in [6.45, 7) is 9.17. The second-order valence-corrected chi connectivity index (χ2v) is 7.83. The molecule has 0 unspecified atom stereocenters. The maximum atomic E-state index is 4.74. The van der Waals surface area contributed by atoms with E-state index in [1.54, 1.807) is 0 Å². The first-order valence-electron chi connectivity index (χ1n) is 7.85. The van der Waals surface area contributed by atoms with Gasteiger partial charge in [0.1, 0.15) is 5.82 Å². The summed E-state index contributed by atoms with van der Waals surface area (Å²) in [7, 11) is 0. The number of aromatic amines is 1. The number of fused-ring (bicyclic) bond motifs is 1. The molecule has 3 rings (SSSR count). The first kappa shape index (κ1) is 13.7. The first-order valence-corrected chi connectivity index (χ1v) is 7.85. The van der Waals surface area contributed by atoms with Crippen LogP contribution in [-0.4, -0.2) is 9.97 Å². The summed E-state index contributed by atoms with van der Waals surface area (Å²) in [5, 5.41) is 0. The van der Waals surface area contributed by atoms with E-state index in [2.05, 4.69) is 50.9 Å². The molecule has 1 aromatic carbocycles. The van der Waals surface area contributed by atoms with Crippen LogP contribution >= 0.6 is 0 Å². The topological polar surface area (TPSA) is 28.7 Å². The van der Waals surface area contributed by atoms with Crippen LogP contribution in [0.3, 0.4) is 0 Å². The Bertz CT molecular complexity index is 612. The Morgan fingerprint density at radius 3 is 2.60 bits per heavy atom. The van der Waals surface area contributed by atoms with Gasteiger partial charge in [-0.25, -0.2) is 4.98 Å². The van der Waals surface area contributed by atoms with Gasteiger partial charge in [-0.1, -0.05) is 40.2 Å². The zero-order valence-corrected chi connectivity index (χ0v) is 13.2. The minimum atomic E-state index is 0.193. The molecule has 0 bridgehead atoms. The van der Waals surface area contributed by atoms with Crippen LogP contribution < -0.4 is 0 Å². The van der Waals surface area contributed by atoms with Gasteiger partial charge in [-0.05, 0) is 47.8 Å². The van der Waals surface area contributed by atoms with Crippen molar-refractivity contribution >= 4 is 11.0 Å². The minimum Gasteiger partial charge on any atom is -0.342 e. The highest BCUT2D eigenvalue weighted by atomic mass is 14.9. The molecule has 1 aliphatic rings. The Morgan fingerprint density at radius 2 is 2.00 bits per heavy atom. The van der Waals surface area contributed by atoms with Crippen LogP contribution in [0.15, 0.2) is 18.2 Å². The number of benzene rings is 1. The molecule has 0 atom stereocenters. The minimum absolute atomic E-state index is 0.193. The van der Waals surface area contributed by atoms with Crippen molar-refractivity contribution in [1.82, 2.24) is 9.97 Å². The zero-order valence-electron chi connectivity index (χ0n) is 13.2. The van der Waals surface area contributed by atoms with E-state index in [-0.39, 0.29) is 5.41 Å². The molecule has 20 heavy (non-hydrogen) atoms. The molecule has 2 nitrogen and oxygen atoms in total. The van der Waals surface area contributed by atoms with Crippen LogP contribution in [0.4, 0.5) is 0 Å². The average molecular weight is 270 g/mol. The van der Waals surface area contributed by atoms with E-state index < -0.39 is 0 Å². The second kappa shape index (κ2) is 4.61. The van der Waals surface area contributed by atoms with Gasteiger partial charge in [0.2, 0.25) is 0 Å². The van der Waals surface area contributed by atoms with Crippen LogP contribution in [0.1, 0.15) is 64.8 Å². The summed E-state index contributed by atoms with van der Waals surface area (Å²) in [6.07, 6.45) is 6.53. The Hall–Kier alpha value is -1.31. The van der Waals surface area contributed by atoms with Crippen molar-refractivity contribution in [2.24, 2.45) is 5.41 Å². The number of rotatable bonds is 3. The van der Waals surface area contributed by atoms with Gasteiger partial charge in [-0.15, -0.1) is 0 Å². The summed E-state index contributed by atoms with van der Waals surface area (Å²) < 4.78 is 0. The van der Waals surface area contributed by atoms with E-state index in [1.807, 2.05) is 0 Å². The second-order valence-electron chi connectivity index (χ2n) is 7.83. The molecule has 2 heteroatoms. The van der Waals surface area contributed by atoms with E-state index in [9.17, 15) is 0 Å². The molecular weight excluding hydrogens is 244 g/mol. The van der Waals surface area contributed by atoms with Gasteiger partial charge < -0.3 is 4.98 Å².